The highest BCUT2D eigenvalue weighted by molar-refractivity contribution is 6.37. The van der Waals surface area contributed by atoms with Crippen molar-refractivity contribution in [3.05, 3.63) is 93.1 Å². The van der Waals surface area contributed by atoms with Gasteiger partial charge in [-0.15, -0.1) is 0 Å². The van der Waals surface area contributed by atoms with Crippen LogP contribution < -0.4 is 0 Å². The molecule has 0 atom stereocenters. The maximum Gasteiger partial charge on any atom is 0.299 e. The predicted octanol–water partition coefficient (Wildman–Crippen LogP) is 5.72. The summed E-state index contributed by atoms with van der Waals surface area (Å²) in [4.78, 5) is 17.6. The summed E-state index contributed by atoms with van der Waals surface area (Å²) < 4.78 is 7.05. The van der Waals surface area contributed by atoms with Crippen molar-refractivity contribution in [1.29, 1.82) is 0 Å². The summed E-state index contributed by atoms with van der Waals surface area (Å²) in [7, 11) is 0. The Balaban J connectivity index is 1.58. The van der Waals surface area contributed by atoms with E-state index in [2.05, 4.69) is 20.3 Å². The van der Waals surface area contributed by atoms with Gasteiger partial charge in [0.05, 0.1) is 30.0 Å². The van der Waals surface area contributed by atoms with E-state index >= 15 is 0 Å². The summed E-state index contributed by atoms with van der Waals surface area (Å²) in [5.41, 5.74) is 2.43. The van der Waals surface area contributed by atoms with Crippen LogP contribution in [0.2, 0.25) is 15.2 Å². The number of ketones is 1. The van der Waals surface area contributed by atoms with Gasteiger partial charge in [-0.1, -0.05) is 64.2 Å². The Kier molecular flexibility index (Phi) is 5.38. The fourth-order valence-electron chi connectivity index (χ4n) is 3.43. The number of nitrogens with zero attached hydrogens (tertiary/aromatic N) is 5. The largest absolute Gasteiger partial charge is 0.330 e. The maximum atomic E-state index is 13.3. The molecule has 0 fully saturated rings. The van der Waals surface area contributed by atoms with Gasteiger partial charge in [0.1, 0.15) is 5.15 Å². The number of hydrogen-bond acceptors (Lipinski definition) is 6. The van der Waals surface area contributed by atoms with E-state index in [-0.39, 0.29) is 22.4 Å². The molecule has 10 heteroatoms. The van der Waals surface area contributed by atoms with Crippen molar-refractivity contribution >= 4 is 51.5 Å². The molecule has 3 aromatic heterocycles. The molecule has 7 nitrogen and oxygen atoms in total. The minimum absolute atomic E-state index is 0.175. The van der Waals surface area contributed by atoms with Gasteiger partial charge in [0, 0.05) is 21.0 Å². The van der Waals surface area contributed by atoms with Crippen molar-refractivity contribution in [1.82, 2.24) is 24.9 Å². The van der Waals surface area contributed by atoms with Crippen molar-refractivity contribution in [3.63, 3.8) is 0 Å². The van der Waals surface area contributed by atoms with Crippen LogP contribution in [0.15, 0.2) is 65.4 Å². The number of hydrogen-bond donors (Lipinski definition) is 0. The van der Waals surface area contributed by atoms with E-state index in [4.69, 9.17) is 39.3 Å². The third-order valence-electron chi connectivity index (χ3n) is 4.94. The highest BCUT2D eigenvalue weighted by Crippen LogP contribution is 2.34. The van der Waals surface area contributed by atoms with Crippen molar-refractivity contribution < 1.29 is 9.32 Å². The molecule has 0 aliphatic carbocycles. The van der Waals surface area contributed by atoms with E-state index in [1.807, 2.05) is 34.9 Å². The summed E-state index contributed by atoms with van der Waals surface area (Å²) in [5, 5.41) is 13.3. The van der Waals surface area contributed by atoms with Crippen LogP contribution in [0.1, 0.15) is 21.8 Å². The van der Waals surface area contributed by atoms with Gasteiger partial charge < -0.3 is 9.09 Å². The van der Waals surface area contributed by atoms with Gasteiger partial charge in [0.2, 0.25) is 5.82 Å². The van der Waals surface area contributed by atoms with E-state index < -0.39 is 5.78 Å². The zero-order valence-electron chi connectivity index (χ0n) is 16.2. The number of fused-ring (bicyclic) bond motifs is 1. The maximum absolute atomic E-state index is 13.3. The van der Waals surface area contributed by atoms with E-state index in [9.17, 15) is 4.79 Å². The molecule has 32 heavy (non-hydrogen) atoms. The standard InChI is InChI=1S/C22H12Cl3N5O2/c23-14-6-5-13(16(24)9-14)11-30-17-4-2-1-3-15(17)18(20(30)25)19(31)22-28-21(29-32-22)12-7-8-26-27-10-12/h1-10H,11H2. The predicted molar refractivity (Wildman–Crippen MR) is 121 cm³/mol. The molecule has 0 amide bonds. The number of carbonyl (C=O) groups excluding carboxylic acids is 1. The minimum Gasteiger partial charge on any atom is -0.330 e. The second-order valence-electron chi connectivity index (χ2n) is 6.89. The van der Waals surface area contributed by atoms with Gasteiger partial charge in [-0.3, -0.25) is 4.79 Å². The molecule has 0 bridgehead atoms. The molecule has 0 radical (unpaired) electrons. The number of carbonyl (C=O) groups is 1. The molecular weight excluding hydrogens is 473 g/mol. The van der Waals surface area contributed by atoms with E-state index in [0.717, 1.165) is 11.1 Å². The number of benzene rings is 2. The van der Waals surface area contributed by atoms with Gasteiger partial charge in [-0.05, 0) is 29.8 Å². The molecule has 158 valence electrons. The summed E-state index contributed by atoms with van der Waals surface area (Å²) >= 11 is 19.1. The number of aromatic nitrogens is 5. The number of halogens is 3. The van der Waals surface area contributed by atoms with Gasteiger partial charge >= 0.3 is 0 Å². The van der Waals surface area contributed by atoms with Gasteiger partial charge in [0.25, 0.3) is 11.7 Å². The normalized spacial score (nSPS) is 11.2. The Labute approximate surface area is 196 Å². The first-order valence-corrected chi connectivity index (χ1v) is 10.5. The Morgan fingerprint density at radius 3 is 2.66 bits per heavy atom. The van der Waals surface area contributed by atoms with Crippen LogP contribution in [-0.2, 0) is 6.54 Å². The fourth-order valence-corrected chi connectivity index (χ4v) is 4.23. The Morgan fingerprint density at radius 2 is 1.88 bits per heavy atom. The first kappa shape index (κ1) is 20.6. The average Bonchev–Trinajstić information content (AvgIpc) is 3.40. The van der Waals surface area contributed by atoms with Crippen molar-refractivity contribution in [2.24, 2.45) is 0 Å². The van der Waals surface area contributed by atoms with Crippen molar-refractivity contribution in [2.75, 3.05) is 0 Å². The Bertz CT molecular complexity index is 1460. The first-order chi connectivity index (χ1) is 15.5. The summed E-state index contributed by atoms with van der Waals surface area (Å²) in [6.45, 7) is 0.348. The van der Waals surface area contributed by atoms with Crippen LogP contribution >= 0.6 is 34.8 Å². The second kappa shape index (κ2) is 8.35. The molecule has 0 N–H and O–H groups in total. The molecule has 0 spiro atoms. The van der Waals surface area contributed by atoms with Crippen LogP contribution in [0.3, 0.4) is 0 Å². The highest BCUT2D eigenvalue weighted by atomic mass is 35.5. The van der Waals surface area contributed by atoms with E-state index in [0.29, 0.717) is 27.5 Å². The lowest BCUT2D eigenvalue weighted by Crippen LogP contribution is -2.04. The zero-order valence-corrected chi connectivity index (χ0v) is 18.4. The van der Waals surface area contributed by atoms with Crippen LogP contribution in [0, 0.1) is 0 Å². The Hall–Kier alpha value is -3.26. The molecule has 3 heterocycles. The molecule has 5 aromatic rings. The lowest BCUT2D eigenvalue weighted by molar-refractivity contribution is 0.0995. The van der Waals surface area contributed by atoms with E-state index in [1.54, 1.807) is 18.2 Å². The van der Waals surface area contributed by atoms with Crippen LogP contribution in [-0.4, -0.2) is 30.7 Å². The summed E-state index contributed by atoms with van der Waals surface area (Å²) in [5.74, 6) is -0.421. The number of para-hydroxylation sites is 1. The Morgan fingerprint density at radius 1 is 1.03 bits per heavy atom. The molecule has 2 aromatic carbocycles. The zero-order chi connectivity index (χ0) is 22.2. The van der Waals surface area contributed by atoms with Crippen molar-refractivity contribution in [3.8, 4) is 11.4 Å². The first-order valence-electron chi connectivity index (χ1n) is 9.39. The van der Waals surface area contributed by atoms with Gasteiger partial charge in [0.15, 0.2) is 0 Å². The highest BCUT2D eigenvalue weighted by Gasteiger charge is 2.27. The van der Waals surface area contributed by atoms with Gasteiger partial charge in [-0.2, -0.15) is 15.2 Å². The lowest BCUT2D eigenvalue weighted by Gasteiger charge is -2.09. The average molecular weight is 485 g/mol. The second-order valence-corrected chi connectivity index (χ2v) is 8.09. The van der Waals surface area contributed by atoms with E-state index in [1.165, 1.54) is 12.4 Å². The molecule has 0 aliphatic rings. The van der Waals surface area contributed by atoms with Crippen molar-refractivity contribution in [2.45, 2.75) is 6.54 Å². The van der Waals surface area contributed by atoms with Gasteiger partial charge in [-0.25, -0.2) is 0 Å². The molecule has 5 rings (SSSR count). The minimum atomic E-state index is -0.479. The summed E-state index contributed by atoms with van der Waals surface area (Å²) in [6.07, 6.45) is 2.98. The van der Waals surface area contributed by atoms with Crippen LogP contribution in [0.4, 0.5) is 0 Å². The molecule has 0 aliphatic heterocycles. The van der Waals surface area contributed by atoms with Crippen LogP contribution in [0.5, 0.6) is 0 Å². The molecular formula is C22H12Cl3N5O2. The molecule has 0 saturated carbocycles. The van der Waals surface area contributed by atoms with Crippen LogP contribution in [0.25, 0.3) is 22.3 Å². The fraction of sp³-hybridized carbons (Fsp3) is 0.0455. The monoisotopic (exact) mass is 483 g/mol. The SMILES string of the molecule is O=C(c1nc(-c2ccnnc2)no1)c1c(Cl)n(Cc2ccc(Cl)cc2Cl)c2ccccc12. The molecule has 0 saturated heterocycles. The lowest BCUT2D eigenvalue weighted by atomic mass is 10.1. The summed E-state index contributed by atoms with van der Waals surface area (Å²) in [6, 6.07) is 14.3. The third kappa shape index (κ3) is 3.64. The molecule has 0 unspecified atom stereocenters. The smallest absolute Gasteiger partial charge is 0.299 e. The third-order valence-corrected chi connectivity index (χ3v) is 5.92. The quantitative estimate of drug-likeness (QED) is 0.296. The topological polar surface area (TPSA) is 86.7 Å². The number of rotatable bonds is 5.